The zero-order valence-corrected chi connectivity index (χ0v) is 22.7. The number of rotatable bonds is 13. The molecule has 3 rings (SSSR count). The molecule has 3 heterocycles. The molecule has 0 bridgehead atoms. The van der Waals surface area contributed by atoms with Crippen molar-refractivity contribution in [2.45, 2.75) is 91.7 Å². The molecule has 246 valence electrons. The molecule has 1 amide bonds. The number of amides is 1. The Morgan fingerprint density at radius 3 is 1.86 bits per heavy atom. The molecule has 3 aliphatic heterocycles. The number of alkyl carbamates (subject to hydrolysis) is 1. The van der Waals surface area contributed by atoms with Gasteiger partial charge in [0.15, 0.2) is 0 Å². The molecule has 4 unspecified atom stereocenters. The summed E-state index contributed by atoms with van der Waals surface area (Å²) < 4.78 is 32.2. The summed E-state index contributed by atoms with van der Waals surface area (Å²) in [7, 11) is 0. The lowest BCUT2D eigenvalue weighted by atomic mass is 9.93. The third-order valence-corrected chi connectivity index (χ3v) is 7.40. The summed E-state index contributed by atoms with van der Waals surface area (Å²) in [6, 6.07) is 0. The van der Waals surface area contributed by atoms with E-state index in [0.29, 0.717) is 6.42 Å². The minimum Gasteiger partial charge on any atom is -0.447 e. The standard InChI is InChI=1S/C23H41NO18/c1-2-3-24-20(35)37-6-12-15(30)19(34)23(42-12,9-39-22(7-27)18(33)14(29)11(5-26)41-22)38-8-21(36)17(32)16(31)13(28)10(4-25)40-21/h10-19,25-34,36H,2-9H2,1H3,(H,24,35)/t10?,11-,12-,13-,14+,15+,16+,17?,18?,19?,21-,22-,23-/m1/s1. The second kappa shape index (κ2) is 14.2. The van der Waals surface area contributed by atoms with Crippen molar-refractivity contribution in [2.75, 3.05) is 46.2 Å². The van der Waals surface area contributed by atoms with E-state index in [9.17, 15) is 61.0 Å². The first-order valence-electron chi connectivity index (χ1n) is 13.3. The van der Waals surface area contributed by atoms with Gasteiger partial charge in [0, 0.05) is 6.54 Å². The van der Waals surface area contributed by atoms with Gasteiger partial charge in [-0.05, 0) is 6.42 Å². The topological polar surface area (TPSA) is 307 Å². The Labute approximate surface area is 239 Å². The molecule has 12 N–H and O–H groups in total. The van der Waals surface area contributed by atoms with E-state index in [1.165, 1.54) is 0 Å². The van der Waals surface area contributed by atoms with Gasteiger partial charge in [-0.2, -0.15) is 0 Å². The van der Waals surface area contributed by atoms with Crippen LogP contribution in [0.3, 0.4) is 0 Å². The van der Waals surface area contributed by atoms with Crippen LogP contribution in [0.25, 0.3) is 0 Å². The third kappa shape index (κ3) is 6.81. The highest BCUT2D eigenvalue weighted by Gasteiger charge is 2.62. The zero-order chi connectivity index (χ0) is 31.5. The van der Waals surface area contributed by atoms with Gasteiger partial charge in [-0.15, -0.1) is 0 Å². The van der Waals surface area contributed by atoms with Crippen molar-refractivity contribution in [2.24, 2.45) is 0 Å². The van der Waals surface area contributed by atoms with Gasteiger partial charge < -0.3 is 89.9 Å². The van der Waals surface area contributed by atoms with Crippen molar-refractivity contribution < 1.29 is 89.4 Å². The monoisotopic (exact) mass is 619 g/mol. The molecular formula is C23H41NO18. The van der Waals surface area contributed by atoms with Crippen LogP contribution in [0, 0.1) is 0 Å². The maximum absolute atomic E-state index is 11.9. The first kappa shape index (κ1) is 35.1. The maximum atomic E-state index is 11.9. The van der Waals surface area contributed by atoms with Gasteiger partial charge in [-0.1, -0.05) is 6.92 Å². The number of hydrogen-bond donors (Lipinski definition) is 12. The SMILES string of the molecule is CCCNC(=O)OC[C@H]1O[C@@](CO[C@]2(CO)O[C@H](CO)[C@H](O)C2O)(OC[C@@]2(O)OC(CO)[C@@H](O)[C@H](O)C2O)C(O)[C@H]1O. The highest BCUT2D eigenvalue weighted by molar-refractivity contribution is 5.67. The average Bonchev–Trinajstić information content (AvgIpc) is 3.38. The first-order chi connectivity index (χ1) is 19.7. The second-order valence-electron chi connectivity index (χ2n) is 10.4. The van der Waals surface area contributed by atoms with E-state index in [-0.39, 0.29) is 6.54 Å². The molecule has 0 radical (unpaired) electrons. The van der Waals surface area contributed by atoms with Gasteiger partial charge in [-0.25, -0.2) is 4.79 Å². The van der Waals surface area contributed by atoms with Crippen LogP contribution in [0.4, 0.5) is 4.79 Å². The van der Waals surface area contributed by atoms with E-state index in [4.69, 9.17) is 28.4 Å². The second-order valence-corrected chi connectivity index (χ2v) is 10.4. The Morgan fingerprint density at radius 1 is 0.738 bits per heavy atom. The molecule has 0 aliphatic carbocycles. The van der Waals surface area contributed by atoms with Crippen molar-refractivity contribution in [3.05, 3.63) is 0 Å². The fourth-order valence-electron chi connectivity index (χ4n) is 4.80. The van der Waals surface area contributed by atoms with E-state index >= 15 is 0 Å². The Bertz CT molecular complexity index is 884. The number of aliphatic hydroxyl groups excluding tert-OH is 10. The van der Waals surface area contributed by atoms with Crippen molar-refractivity contribution in [1.29, 1.82) is 0 Å². The Kier molecular flexibility index (Phi) is 11.8. The average molecular weight is 620 g/mol. The predicted molar refractivity (Wildman–Crippen MR) is 130 cm³/mol. The van der Waals surface area contributed by atoms with Gasteiger partial charge in [0.25, 0.3) is 0 Å². The van der Waals surface area contributed by atoms with E-state index in [1.807, 2.05) is 0 Å². The number of hydrogen-bond acceptors (Lipinski definition) is 18. The van der Waals surface area contributed by atoms with Gasteiger partial charge in [-0.3, -0.25) is 0 Å². The minimum absolute atomic E-state index is 0.277. The van der Waals surface area contributed by atoms with Crippen LogP contribution in [-0.4, -0.2) is 187 Å². The smallest absolute Gasteiger partial charge is 0.407 e. The number of ether oxygens (including phenoxy) is 6. The maximum Gasteiger partial charge on any atom is 0.407 e. The van der Waals surface area contributed by atoms with Gasteiger partial charge in [0.1, 0.15) is 87.5 Å². The van der Waals surface area contributed by atoms with Crippen molar-refractivity contribution in [3.8, 4) is 0 Å². The molecule has 3 fully saturated rings. The number of nitrogens with one attached hydrogen (secondary N) is 1. The molecular weight excluding hydrogens is 578 g/mol. The summed E-state index contributed by atoms with van der Waals surface area (Å²) in [6.45, 7) is -3.59. The number of carbonyl (C=O) groups is 1. The lowest BCUT2D eigenvalue weighted by Gasteiger charge is -2.46. The van der Waals surface area contributed by atoms with Crippen LogP contribution in [0.2, 0.25) is 0 Å². The van der Waals surface area contributed by atoms with Crippen LogP contribution in [0.15, 0.2) is 0 Å². The molecule has 3 saturated heterocycles. The normalized spacial score (nSPS) is 45.7. The van der Waals surface area contributed by atoms with Gasteiger partial charge >= 0.3 is 6.09 Å². The minimum atomic E-state index is -2.85. The molecule has 42 heavy (non-hydrogen) atoms. The molecule has 0 aromatic heterocycles. The summed E-state index contributed by atoms with van der Waals surface area (Å²) >= 11 is 0. The first-order valence-corrected chi connectivity index (χ1v) is 13.3. The van der Waals surface area contributed by atoms with Gasteiger partial charge in [0.05, 0.1) is 13.2 Å². The van der Waals surface area contributed by atoms with Crippen molar-refractivity contribution in [1.82, 2.24) is 5.32 Å². The van der Waals surface area contributed by atoms with E-state index in [1.54, 1.807) is 6.92 Å². The van der Waals surface area contributed by atoms with Crippen LogP contribution < -0.4 is 5.32 Å². The lowest BCUT2D eigenvalue weighted by Crippen LogP contribution is -2.68. The van der Waals surface area contributed by atoms with Crippen molar-refractivity contribution >= 4 is 6.09 Å². The molecule has 0 aromatic carbocycles. The fraction of sp³-hybridized carbons (Fsp3) is 0.957. The summed E-state index contributed by atoms with van der Waals surface area (Å²) in [4.78, 5) is 11.9. The fourth-order valence-corrected chi connectivity index (χ4v) is 4.80. The number of aliphatic hydroxyl groups is 11. The molecule has 3 aliphatic rings. The molecule has 19 heteroatoms. The van der Waals surface area contributed by atoms with E-state index in [0.717, 1.165) is 0 Å². The number of carbonyl (C=O) groups excluding carboxylic acids is 1. The van der Waals surface area contributed by atoms with Crippen LogP contribution in [0.1, 0.15) is 13.3 Å². The van der Waals surface area contributed by atoms with Crippen LogP contribution in [-0.2, 0) is 28.4 Å². The molecule has 0 aromatic rings. The third-order valence-electron chi connectivity index (χ3n) is 7.40. The summed E-state index contributed by atoms with van der Waals surface area (Å²) in [6.07, 6.45) is -18.5. The Hall–Kier alpha value is -1.37. The van der Waals surface area contributed by atoms with Gasteiger partial charge in [0.2, 0.25) is 17.4 Å². The molecule has 0 spiro atoms. The van der Waals surface area contributed by atoms with E-state index < -0.39 is 124 Å². The zero-order valence-electron chi connectivity index (χ0n) is 22.7. The van der Waals surface area contributed by atoms with E-state index in [2.05, 4.69) is 5.32 Å². The van der Waals surface area contributed by atoms with Crippen LogP contribution in [0.5, 0.6) is 0 Å². The summed E-state index contributed by atoms with van der Waals surface area (Å²) in [5, 5.41) is 115. The lowest BCUT2D eigenvalue weighted by molar-refractivity contribution is -0.392. The summed E-state index contributed by atoms with van der Waals surface area (Å²) in [5.41, 5.74) is 0. The Balaban J connectivity index is 1.86. The predicted octanol–water partition coefficient (Wildman–Crippen LogP) is -7.06. The molecule has 13 atom stereocenters. The summed E-state index contributed by atoms with van der Waals surface area (Å²) in [5.74, 6) is -7.83. The molecule has 0 saturated carbocycles. The van der Waals surface area contributed by atoms with Crippen LogP contribution >= 0.6 is 0 Å². The largest absolute Gasteiger partial charge is 0.447 e. The molecule has 19 nitrogen and oxygen atoms in total. The quantitative estimate of drug-likeness (QED) is 0.0911. The Morgan fingerprint density at radius 2 is 1.29 bits per heavy atom. The highest BCUT2D eigenvalue weighted by atomic mass is 16.8. The van der Waals surface area contributed by atoms with Crippen molar-refractivity contribution in [3.63, 3.8) is 0 Å². The highest BCUT2D eigenvalue weighted by Crippen LogP contribution is 2.39.